The van der Waals surface area contributed by atoms with Gasteiger partial charge >= 0.3 is 0 Å². The second kappa shape index (κ2) is 4.67. The van der Waals surface area contributed by atoms with Gasteiger partial charge in [0.1, 0.15) is 5.82 Å². The molecule has 1 aromatic carbocycles. The Labute approximate surface area is 100 Å². The van der Waals surface area contributed by atoms with Crippen molar-refractivity contribution < 1.29 is 0 Å². The lowest BCUT2D eigenvalue weighted by molar-refractivity contribution is 0.266. The SMILES string of the molecule is CCN(C)[C@@H](C)c1nc2ccccc2c(=O)[nH]1. The molecule has 1 atom stereocenters. The van der Waals surface area contributed by atoms with Crippen molar-refractivity contribution in [3.63, 3.8) is 0 Å². The standard InChI is InChI=1S/C13H17N3O/c1-4-16(3)9(2)12-14-11-8-6-5-7-10(11)13(17)15-12/h5-9H,4H2,1-3H3,(H,14,15,17)/t9-/m0/s1. The van der Waals surface area contributed by atoms with Crippen LogP contribution in [-0.2, 0) is 0 Å². The summed E-state index contributed by atoms with van der Waals surface area (Å²) in [6, 6.07) is 7.51. The highest BCUT2D eigenvalue weighted by Crippen LogP contribution is 2.15. The fourth-order valence-electron chi connectivity index (χ4n) is 1.78. The highest BCUT2D eigenvalue weighted by atomic mass is 16.1. The van der Waals surface area contributed by atoms with E-state index in [2.05, 4.69) is 21.8 Å². The molecule has 0 radical (unpaired) electrons. The Bertz CT molecular complexity index is 576. The maximum absolute atomic E-state index is 11.9. The van der Waals surface area contributed by atoms with Gasteiger partial charge in [0.25, 0.3) is 5.56 Å². The molecule has 1 heterocycles. The van der Waals surface area contributed by atoms with E-state index in [-0.39, 0.29) is 11.6 Å². The van der Waals surface area contributed by atoms with E-state index in [0.29, 0.717) is 5.39 Å². The van der Waals surface area contributed by atoms with E-state index in [1.807, 2.05) is 32.2 Å². The molecule has 0 saturated carbocycles. The van der Waals surface area contributed by atoms with Gasteiger partial charge in [-0.25, -0.2) is 4.98 Å². The molecule has 0 saturated heterocycles. The van der Waals surface area contributed by atoms with E-state index < -0.39 is 0 Å². The average molecular weight is 231 g/mol. The number of fused-ring (bicyclic) bond motifs is 1. The van der Waals surface area contributed by atoms with E-state index in [4.69, 9.17) is 0 Å². The Morgan fingerprint density at radius 1 is 1.41 bits per heavy atom. The maximum Gasteiger partial charge on any atom is 0.258 e. The molecule has 90 valence electrons. The fourth-order valence-corrected chi connectivity index (χ4v) is 1.78. The molecular weight excluding hydrogens is 214 g/mol. The van der Waals surface area contributed by atoms with Crippen molar-refractivity contribution in [2.24, 2.45) is 0 Å². The van der Waals surface area contributed by atoms with Crippen molar-refractivity contribution >= 4 is 10.9 Å². The number of nitrogens with zero attached hydrogens (tertiary/aromatic N) is 2. The van der Waals surface area contributed by atoms with Crippen molar-refractivity contribution in [3.8, 4) is 0 Å². The zero-order valence-corrected chi connectivity index (χ0v) is 10.4. The Morgan fingerprint density at radius 3 is 2.82 bits per heavy atom. The molecule has 4 nitrogen and oxygen atoms in total. The van der Waals surface area contributed by atoms with Crippen LogP contribution in [0.3, 0.4) is 0 Å². The van der Waals surface area contributed by atoms with Crippen LogP contribution in [0.4, 0.5) is 0 Å². The quantitative estimate of drug-likeness (QED) is 0.878. The Kier molecular flexibility index (Phi) is 3.24. The average Bonchev–Trinajstić information content (AvgIpc) is 2.37. The summed E-state index contributed by atoms with van der Waals surface area (Å²) in [5, 5.41) is 0.641. The van der Waals surface area contributed by atoms with Crippen LogP contribution in [0.1, 0.15) is 25.7 Å². The molecule has 0 amide bonds. The Hall–Kier alpha value is -1.68. The molecule has 4 heteroatoms. The molecule has 1 N–H and O–H groups in total. The molecule has 0 aliphatic carbocycles. The maximum atomic E-state index is 11.9. The smallest absolute Gasteiger partial charge is 0.258 e. The first kappa shape index (κ1) is 11.8. The van der Waals surface area contributed by atoms with E-state index in [0.717, 1.165) is 17.9 Å². The molecule has 2 aromatic rings. The number of hydrogen-bond donors (Lipinski definition) is 1. The van der Waals surface area contributed by atoms with E-state index in [1.165, 1.54) is 0 Å². The number of rotatable bonds is 3. The number of aromatic nitrogens is 2. The molecule has 0 unspecified atom stereocenters. The third-order valence-electron chi connectivity index (χ3n) is 3.19. The van der Waals surface area contributed by atoms with Gasteiger partial charge in [0.15, 0.2) is 0 Å². The molecular formula is C13H17N3O. The molecule has 0 bridgehead atoms. The monoisotopic (exact) mass is 231 g/mol. The van der Waals surface area contributed by atoms with Gasteiger partial charge in [-0.2, -0.15) is 0 Å². The van der Waals surface area contributed by atoms with Crippen LogP contribution in [0.5, 0.6) is 0 Å². The van der Waals surface area contributed by atoms with E-state index in [1.54, 1.807) is 6.07 Å². The number of aromatic amines is 1. The molecule has 0 spiro atoms. The summed E-state index contributed by atoms with van der Waals surface area (Å²) in [5.74, 6) is 0.720. The minimum absolute atomic E-state index is 0.0676. The molecule has 0 aliphatic rings. The molecule has 2 rings (SSSR count). The predicted octanol–water partition coefficient (Wildman–Crippen LogP) is 1.94. The highest BCUT2D eigenvalue weighted by molar-refractivity contribution is 5.77. The zero-order chi connectivity index (χ0) is 12.4. The van der Waals surface area contributed by atoms with E-state index in [9.17, 15) is 4.79 Å². The van der Waals surface area contributed by atoms with Gasteiger partial charge in [-0.15, -0.1) is 0 Å². The minimum atomic E-state index is -0.0676. The van der Waals surface area contributed by atoms with Crippen LogP contribution >= 0.6 is 0 Å². The summed E-state index contributed by atoms with van der Waals surface area (Å²) in [4.78, 5) is 21.4. The second-order valence-corrected chi connectivity index (χ2v) is 4.22. The lowest BCUT2D eigenvalue weighted by atomic mass is 10.2. The molecule has 17 heavy (non-hydrogen) atoms. The van der Waals surface area contributed by atoms with Gasteiger partial charge in [-0.1, -0.05) is 19.1 Å². The van der Waals surface area contributed by atoms with Gasteiger partial charge in [0.05, 0.1) is 16.9 Å². The first-order chi connectivity index (χ1) is 8.13. The largest absolute Gasteiger partial charge is 0.309 e. The predicted molar refractivity (Wildman–Crippen MR) is 69.1 cm³/mol. The number of nitrogens with one attached hydrogen (secondary N) is 1. The fraction of sp³-hybridized carbons (Fsp3) is 0.385. The normalized spacial score (nSPS) is 13.2. The summed E-state index contributed by atoms with van der Waals surface area (Å²) in [6.45, 7) is 5.03. The lowest BCUT2D eigenvalue weighted by Gasteiger charge is -2.22. The summed E-state index contributed by atoms with van der Waals surface area (Å²) in [5.41, 5.74) is 0.685. The summed E-state index contributed by atoms with van der Waals surface area (Å²) < 4.78 is 0. The van der Waals surface area contributed by atoms with Gasteiger partial charge in [0, 0.05) is 0 Å². The van der Waals surface area contributed by atoms with Crippen LogP contribution < -0.4 is 5.56 Å². The summed E-state index contributed by atoms with van der Waals surface area (Å²) in [7, 11) is 2.01. The first-order valence-corrected chi connectivity index (χ1v) is 5.82. The molecule has 0 fully saturated rings. The van der Waals surface area contributed by atoms with Crippen LogP contribution in [-0.4, -0.2) is 28.5 Å². The van der Waals surface area contributed by atoms with E-state index >= 15 is 0 Å². The minimum Gasteiger partial charge on any atom is -0.309 e. The van der Waals surface area contributed by atoms with Gasteiger partial charge in [-0.05, 0) is 32.6 Å². The lowest BCUT2D eigenvalue weighted by Crippen LogP contribution is -2.25. The number of H-pyrrole nitrogens is 1. The van der Waals surface area contributed by atoms with Crippen LogP contribution in [0.15, 0.2) is 29.1 Å². The van der Waals surface area contributed by atoms with Gasteiger partial charge < -0.3 is 4.98 Å². The Morgan fingerprint density at radius 2 is 2.12 bits per heavy atom. The third-order valence-corrected chi connectivity index (χ3v) is 3.19. The molecule has 1 aromatic heterocycles. The highest BCUT2D eigenvalue weighted by Gasteiger charge is 2.13. The second-order valence-electron chi connectivity index (χ2n) is 4.22. The number of para-hydroxylation sites is 1. The number of benzene rings is 1. The zero-order valence-electron chi connectivity index (χ0n) is 10.4. The summed E-state index contributed by atoms with van der Waals surface area (Å²) >= 11 is 0. The van der Waals surface area contributed by atoms with Crippen LogP contribution in [0, 0.1) is 0 Å². The number of hydrogen-bond acceptors (Lipinski definition) is 3. The van der Waals surface area contributed by atoms with Crippen molar-refractivity contribution in [2.75, 3.05) is 13.6 Å². The Balaban J connectivity index is 2.54. The van der Waals surface area contributed by atoms with Crippen molar-refractivity contribution in [1.29, 1.82) is 0 Å². The third kappa shape index (κ3) is 2.22. The van der Waals surface area contributed by atoms with Crippen molar-refractivity contribution in [1.82, 2.24) is 14.9 Å². The van der Waals surface area contributed by atoms with Crippen LogP contribution in [0.25, 0.3) is 10.9 Å². The molecule has 0 aliphatic heterocycles. The first-order valence-electron chi connectivity index (χ1n) is 5.82. The van der Waals surface area contributed by atoms with Crippen molar-refractivity contribution in [2.45, 2.75) is 19.9 Å². The topological polar surface area (TPSA) is 49.0 Å². The van der Waals surface area contributed by atoms with Gasteiger partial charge in [0.2, 0.25) is 0 Å². The van der Waals surface area contributed by atoms with Gasteiger partial charge in [-0.3, -0.25) is 9.69 Å². The van der Waals surface area contributed by atoms with Crippen molar-refractivity contribution in [3.05, 3.63) is 40.4 Å². The van der Waals surface area contributed by atoms with Crippen LogP contribution in [0.2, 0.25) is 0 Å². The summed E-state index contributed by atoms with van der Waals surface area (Å²) in [6.07, 6.45) is 0.